The molecular weight excluding hydrogens is 362 g/mol. The fraction of sp³-hybridized carbons (Fsp3) is 0.176. The maximum atomic E-state index is 12.2. The summed E-state index contributed by atoms with van der Waals surface area (Å²) < 4.78 is 4.96. The number of esters is 1. The van der Waals surface area contributed by atoms with Crippen molar-refractivity contribution < 1.29 is 19.2 Å². The van der Waals surface area contributed by atoms with Crippen molar-refractivity contribution in [3.8, 4) is 0 Å². The molecule has 9 heteroatoms. The van der Waals surface area contributed by atoms with Crippen LogP contribution in [0.2, 0.25) is 5.02 Å². The number of nitrogens with zero attached hydrogens (tertiary/aromatic N) is 1. The molecule has 136 valence electrons. The molecule has 0 bridgehead atoms. The summed E-state index contributed by atoms with van der Waals surface area (Å²) in [4.78, 5) is 34.4. The molecule has 0 aliphatic heterocycles. The van der Waals surface area contributed by atoms with Gasteiger partial charge in [-0.2, -0.15) is 0 Å². The third-order valence-corrected chi connectivity index (χ3v) is 3.74. The second-order valence-electron chi connectivity index (χ2n) is 5.32. The van der Waals surface area contributed by atoms with Crippen LogP contribution in [0.4, 0.5) is 17.1 Å². The average molecular weight is 378 g/mol. The van der Waals surface area contributed by atoms with Crippen LogP contribution in [0.5, 0.6) is 0 Å². The van der Waals surface area contributed by atoms with E-state index in [0.29, 0.717) is 16.4 Å². The SMILES string of the molecule is CNc1ccc([N+](=O)[O-])cc1C(=O)OCC(=O)Nc1ccc(Cl)cc1C. The maximum Gasteiger partial charge on any atom is 0.341 e. The van der Waals surface area contributed by atoms with Gasteiger partial charge < -0.3 is 15.4 Å². The number of carbonyl (C=O) groups is 2. The van der Waals surface area contributed by atoms with Crippen LogP contribution in [0, 0.1) is 17.0 Å². The normalized spacial score (nSPS) is 10.1. The zero-order chi connectivity index (χ0) is 19.3. The number of ether oxygens (including phenoxy) is 1. The summed E-state index contributed by atoms with van der Waals surface area (Å²) in [6, 6.07) is 8.70. The minimum absolute atomic E-state index is 0.0304. The standard InChI is InChI=1S/C17H16ClN3O5/c1-10-7-11(18)3-5-14(10)20-16(22)9-26-17(23)13-8-12(21(24)25)4-6-15(13)19-2/h3-8,19H,9H2,1-2H3,(H,20,22). The number of nitro benzene ring substituents is 1. The Morgan fingerprint density at radius 3 is 2.50 bits per heavy atom. The van der Waals surface area contributed by atoms with Crippen molar-refractivity contribution in [1.29, 1.82) is 0 Å². The second kappa shape index (κ2) is 8.30. The Bertz CT molecular complexity index is 869. The molecule has 0 aliphatic rings. The van der Waals surface area contributed by atoms with Gasteiger partial charge in [-0.15, -0.1) is 0 Å². The summed E-state index contributed by atoms with van der Waals surface area (Å²) in [7, 11) is 1.56. The fourth-order valence-electron chi connectivity index (χ4n) is 2.20. The molecule has 0 unspecified atom stereocenters. The smallest absolute Gasteiger partial charge is 0.341 e. The van der Waals surface area contributed by atoms with Gasteiger partial charge in [-0.05, 0) is 36.8 Å². The number of nitro groups is 1. The molecule has 0 radical (unpaired) electrons. The fourth-order valence-corrected chi connectivity index (χ4v) is 2.42. The van der Waals surface area contributed by atoms with Crippen molar-refractivity contribution in [1.82, 2.24) is 0 Å². The number of carbonyl (C=O) groups excluding carboxylic acids is 2. The van der Waals surface area contributed by atoms with Crippen LogP contribution >= 0.6 is 11.6 Å². The number of amides is 1. The highest BCUT2D eigenvalue weighted by molar-refractivity contribution is 6.30. The molecule has 2 aromatic carbocycles. The lowest BCUT2D eigenvalue weighted by Crippen LogP contribution is -2.21. The Morgan fingerprint density at radius 1 is 1.19 bits per heavy atom. The molecule has 26 heavy (non-hydrogen) atoms. The first kappa shape index (κ1) is 19.2. The maximum absolute atomic E-state index is 12.2. The van der Waals surface area contributed by atoms with Crippen LogP contribution in [-0.4, -0.2) is 30.5 Å². The minimum Gasteiger partial charge on any atom is -0.452 e. The summed E-state index contributed by atoms with van der Waals surface area (Å²) in [5.41, 5.74) is 1.37. The number of benzene rings is 2. The van der Waals surface area contributed by atoms with Crippen molar-refractivity contribution in [2.24, 2.45) is 0 Å². The van der Waals surface area contributed by atoms with E-state index in [4.69, 9.17) is 16.3 Å². The molecule has 2 rings (SSSR count). The molecule has 0 heterocycles. The molecule has 2 aromatic rings. The Labute approximate surface area is 154 Å². The summed E-state index contributed by atoms with van der Waals surface area (Å²) in [5.74, 6) is -1.39. The molecule has 0 saturated heterocycles. The molecule has 0 aliphatic carbocycles. The highest BCUT2D eigenvalue weighted by Gasteiger charge is 2.18. The number of aryl methyl sites for hydroxylation is 1. The van der Waals surface area contributed by atoms with E-state index in [0.717, 1.165) is 11.6 Å². The topological polar surface area (TPSA) is 111 Å². The van der Waals surface area contributed by atoms with Crippen LogP contribution < -0.4 is 10.6 Å². The number of halogens is 1. The number of nitrogens with one attached hydrogen (secondary N) is 2. The molecule has 0 saturated carbocycles. The van der Waals surface area contributed by atoms with E-state index >= 15 is 0 Å². The van der Waals surface area contributed by atoms with Gasteiger partial charge in [0.15, 0.2) is 6.61 Å². The third-order valence-electron chi connectivity index (χ3n) is 3.50. The first-order valence-corrected chi connectivity index (χ1v) is 7.89. The highest BCUT2D eigenvalue weighted by Crippen LogP contribution is 2.23. The number of non-ortho nitro benzene ring substituents is 1. The molecule has 1 amide bonds. The van der Waals surface area contributed by atoms with Gasteiger partial charge in [0, 0.05) is 35.6 Å². The predicted molar refractivity (Wildman–Crippen MR) is 97.7 cm³/mol. The van der Waals surface area contributed by atoms with Gasteiger partial charge in [0.1, 0.15) is 0 Å². The molecular formula is C17H16ClN3O5. The molecule has 0 spiro atoms. The molecule has 0 atom stereocenters. The summed E-state index contributed by atoms with van der Waals surface area (Å²) in [5, 5.41) is 16.7. The van der Waals surface area contributed by atoms with E-state index < -0.39 is 23.4 Å². The summed E-state index contributed by atoms with van der Waals surface area (Å²) in [6.07, 6.45) is 0. The lowest BCUT2D eigenvalue weighted by molar-refractivity contribution is -0.384. The predicted octanol–water partition coefficient (Wildman–Crippen LogP) is 3.39. The van der Waals surface area contributed by atoms with Gasteiger partial charge in [-0.25, -0.2) is 4.79 Å². The van der Waals surface area contributed by atoms with Gasteiger partial charge >= 0.3 is 5.97 Å². The van der Waals surface area contributed by atoms with E-state index in [2.05, 4.69) is 10.6 Å². The first-order chi connectivity index (χ1) is 12.3. The summed E-state index contributed by atoms with van der Waals surface area (Å²) >= 11 is 5.85. The van der Waals surface area contributed by atoms with Crippen LogP contribution in [0.15, 0.2) is 36.4 Å². The Hall–Kier alpha value is -3.13. The zero-order valence-corrected chi connectivity index (χ0v) is 14.8. The molecule has 8 nitrogen and oxygen atoms in total. The van der Waals surface area contributed by atoms with Gasteiger partial charge in [0.2, 0.25) is 0 Å². The largest absolute Gasteiger partial charge is 0.452 e. The lowest BCUT2D eigenvalue weighted by atomic mass is 10.1. The monoisotopic (exact) mass is 377 g/mol. The van der Waals surface area contributed by atoms with E-state index in [-0.39, 0.29) is 11.3 Å². The quantitative estimate of drug-likeness (QED) is 0.453. The van der Waals surface area contributed by atoms with Crippen molar-refractivity contribution in [3.63, 3.8) is 0 Å². The van der Waals surface area contributed by atoms with Gasteiger partial charge in [0.25, 0.3) is 11.6 Å². The number of anilines is 2. The number of rotatable bonds is 6. The van der Waals surface area contributed by atoms with Crippen LogP contribution in [0.25, 0.3) is 0 Å². The van der Waals surface area contributed by atoms with E-state index in [1.807, 2.05) is 0 Å². The van der Waals surface area contributed by atoms with Crippen molar-refractivity contribution >= 4 is 40.5 Å². The second-order valence-corrected chi connectivity index (χ2v) is 5.76. The zero-order valence-electron chi connectivity index (χ0n) is 14.0. The van der Waals surface area contributed by atoms with Crippen LogP contribution in [0.1, 0.15) is 15.9 Å². The van der Waals surface area contributed by atoms with Gasteiger partial charge in [-0.3, -0.25) is 14.9 Å². The lowest BCUT2D eigenvalue weighted by Gasteiger charge is -2.11. The van der Waals surface area contributed by atoms with Crippen molar-refractivity contribution in [2.45, 2.75) is 6.92 Å². The Kier molecular flexibility index (Phi) is 6.13. The Morgan fingerprint density at radius 2 is 1.88 bits per heavy atom. The Balaban J connectivity index is 2.05. The van der Waals surface area contributed by atoms with E-state index in [1.165, 1.54) is 12.1 Å². The summed E-state index contributed by atoms with van der Waals surface area (Å²) in [6.45, 7) is 1.24. The third kappa shape index (κ3) is 4.70. The highest BCUT2D eigenvalue weighted by atomic mass is 35.5. The number of hydrogen-bond donors (Lipinski definition) is 2. The van der Waals surface area contributed by atoms with Crippen LogP contribution in [0.3, 0.4) is 0 Å². The molecule has 2 N–H and O–H groups in total. The first-order valence-electron chi connectivity index (χ1n) is 7.51. The van der Waals surface area contributed by atoms with Crippen molar-refractivity contribution in [3.05, 3.63) is 62.7 Å². The number of hydrogen-bond acceptors (Lipinski definition) is 6. The van der Waals surface area contributed by atoms with Crippen molar-refractivity contribution in [2.75, 3.05) is 24.3 Å². The van der Waals surface area contributed by atoms with Gasteiger partial charge in [-0.1, -0.05) is 11.6 Å². The average Bonchev–Trinajstić information content (AvgIpc) is 2.61. The minimum atomic E-state index is -0.846. The van der Waals surface area contributed by atoms with Crippen LogP contribution in [-0.2, 0) is 9.53 Å². The van der Waals surface area contributed by atoms with Gasteiger partial charge in [0.05, 0.1) is 10.5 Å². The van der Waals surface area contributed by atoms with E-state index in [1.54, 1.807) is 32.2 Å². The molecule has 0 aromatic heterocycles. The molecule has 0 fully saturated rings. The van der Waals surface area contributed by atoms with E-state index in [9.17, 15) is 19.7 Å².